The van der Waals surface area contributed by atoms with Gasteiger partial charge in [-0.15, -0.1) is 0 Å². The van der Waals surface area contributed by atoms with Gasteiger partial charge in [-0.2, -0.15) is 0 Å². The van der Waals surface area contributed by atoms with Gasteiger partial charge in [0.1, 0.15) is 0 Å². The zero-order valence-corrected chi connectivity index (χ0v) is 11.2. The van der Waals surface area contributed by atoms with Crippen LogP contribution >= 0.6 is 0 Å². The van der Waals surface area contributed by atoms with Crippen LogP contribution in [-0.2, 0) is 4.74 Å². The predicted octanol–water partition coefficient (Wildman–Crippen LogP) is 2.39. The highest BCUT2D eigenvalue weighted by Crippen LogP contribution is 2.08. The van der Waals surface area contributed by atoms with Gasteiger partial charge in [0.15, 0.2) is 0 Å². The first kappa shape index (κ1) is 14.3. The average molecular weight is 242 g/mol. The minimum absolute atomic E-state index is 0.106. The Balaban J connectivity index is 1.96. The Labute approximate surface area is 105 Å². The largest absolute Gasteiger partial charge is 0.379 e. The van der Waals surface area contributed by atoms with E-state index < -0.39 is 0 Å². The number of carbonyl (C=O) groups excluding carboxylic acids is 1. The topological polar surface area (TPSA) is 41.6 Å². The second-order valence-electron chi connectivity index (χ2n) is 4.91. The van der Waals surface area contributed by atoms with Crippen LogP contribution in [0.25, 0.3) is 0 Å². The maximum atomic E-state index is 11.7. The number of ether oxygens (including phenoxy) is 1. The van der Waals surface area contributed by atoms with Crippen molar-refractivity contribution in [2.45, 2.75) is 52.1 Å². The summed E-state index contributed by atoms with van der Waals surface area (Å²) in [6, 6.07) is 0.106. The second kappa shape index (κ2) is 8.34. The molecule has 100 valence electrons. The van der Waals surface area contributed by atoms with Crippen LogP contribution in [0.4, 0.5) is 4.79 Å². The lowest BCUT2D eigenvalue weighted by Crippen LogP contribution is -2.43. The molecule has 0 aliphatic carbocycles. The average Bonchev–Trinajstić information content (AvgIpc) is 2.34. The van der Waals surface area contributed by atoms with Crippen LogP contribution in [0.2, 0.25) is 0 Å². The van der Waals surface area contributed by atoms with Gasteiger partial charge in [0.2, 0.25) is 0 Å². The number of urea groups is 1. The Hall–Kier alpha value is -0.770. The number of likely N-dealkylation sites (tertiary alicyclic amines) is 1. The molecular formula is C13H26N2O2. The van der Waals surface area contributed by atoms with E-state index in [1.165, 1.54) is 6.42 Å². The van der Waals surface area contributed by atoms with Gasteiger partial charge >= 0.3 is 6.03 Å². The summed E-state index contributed by atoms with van der Waals surface area (Å²) in [4.78, 5) is 13.6. The van der Waals surface area contributed by atoms with Crippen LogP contribution in [0.1, 0.15) is 46.0 Å². The van der Waals surface area contributed by atoms with Crippen molar-refractivity contribution in [2.75, 3.05) is 26.2 Å². The van der Waals surface area contributed by atoms with E-state index in [4.69, 9.17) is 4.74 Å². The number of piperidine rings is 1. The minimum Gasteiger partial charge on any atom is -0.379 e. The van der Waals surface area contributed by atoms with E-state index in [9.17, 15) is 4.79 Å². The highest BCUT2D eigenvalue weighted by atomic mass is 16.5. The fraction of sp³-hybridized carbons (Fsp3) is 0.923. The first-order valence-corrected chi connectivity index (χ1v) is 6.84. The highest BCUT2D eigenvalue weighted by molar-refractivity contribution is 5.74. The molecule has 0 aromatic rings. The van der Waals surface area contributed by atoms with Gasteiger partial charge in [-0.1, -0.05) is 0 Å². The van der Waals surface area contributed by atoms with Crippen LogP contribution < -0.4 is 5.32 Å². The summed E-state index contributed by atoms with van der Waals surface area (Å²) in [6.45, 7) is 7.47. The molecule has 1 aliphatic heterocycles. The highest BCUT2D eigenvalue weighted by Gasteiger charge is 2.15. The Morgan fingerprint density at radius 3 is 2.59 bits per heavy atom. The molecule has 1 heterocycles. The number of rotatable bonds is 6. The van der Waals surface area contributed by atoms with Crippen molar-refractivity contribution < 1.29 is 9.53 Å². The van der Waals surface area contributed by atoms with Crippen molar-refractivity contribution >= 4 is 6.03 Å². The summed E-state index contributed by atoms with van der Waals surface area (Å²) in [7, 11) is 0. The number of hydrogen-bond donors (Lipinski definition) is 1. The number of unbranched alkanes of at least 4 members (excludes halogenated alkanes) is 1. The van der Waals surface area contributed by atoms with Crippen LogP contribution in [0.15, 0.2) is 0 Å². The molecule has 0 spiro atoms. The van der Waals surface area contributed by atoms with E-state index in [1.807, 2.05) is 18.7 Å². The maximum absolute atomic E-state index is 11.7. The smallest absolute Gasteiger partial charge is 0.317 e. The zero-order valence-electron chi connectivity index (χ0n) is 11.2. The Morgan fingerprint density at radius 1 is 1.24 bits per heavy atom. The van der Waals surface area contributed by atoms with Crippen molar-refractivity contribution in [1.82, 2.24) is 10.2 Å². The van der Waals surface area contributed by atoms with Gasteiger partial charge in [0.25, 0.3) is 0 Å². The van der Waals surface area contributed by atoms with E-state index in [0.29, 0.717) is 6.10 Å². The zero-order chi connectivity index (χ0) is 12.5. The van der Waals surface area contributed by atoms with Gasteiger partial charge in [0, 0.05) is 26.2 Å². The van der Waals surface area contributed by atoms with Crippen LogP contribution in [0.3, 0.4) is 0 Å². The lowest BCUT2D eigenvalue weighted by Gasteiger charge is -2.26. The van der Waals surface area contributed by atoms with Crippen molar-refractivity contribution in [3.63, 3.8) is 0 Å². The summed E-state index contributed by atoms with van der Waals surface area (Å²) in [5.74, 6) is 0. The molecule has 0 atom stereocenters. The summed E-state index contributed by atoms with van der Waals surface area (Å²) in [5.41, 5.74) is 0. The molecule has 4 heteroatoms. The van der Waals surface area contributed by atoms with Crippen molar-refractivity contribution in [2.24, 2.45) is 0 Å². The van der Waals surface area contributed by atoms with E-state index in [1.54, 1.807) is 0 Å². The molecule has 0 unspecified atom stereocenters. The van der Waals surface area contributed by atoms with Crippen molar-refractivity contribution in [1.29, 1.82) is 0 Å². The van der Waals surface area contributed by atoms with Gasteiger partial charge < -0.3 is 15.0 Å². The van der Waals surface area contributed by atoms with Gasteiger partial charge in [-0.25, -0.2) is 4.79 Å². The van der Waals surface area contributed by atoms with Gasteiger partial charge in [-0.05, 0) is 46.0 Å². The van der Waals surface area contributed by atoms with Gasteiger partial charge in [-0.3, -0.25) is 0 Å². The van der Waals surface area contributed by atoms with Crippen LogP contribution in [0.5, 0.6) is 0 Å². The summed E-state index contributed by atoms with van der Waals surface area (Å²) < 4.78 is 5.44. The summed E-state index contributed by atoms with van der Waals surface area (Å²) >= 11 is 0. The molecule has 1 saturated heterocycles. The van der Waals surface area contributed by atoms with Gasteiger partial charge in [0.05, 0.1) is 6.10 Å². The number of amides is 2. The quantitative estimate of drug-likeness (QED) is 0.727. The number of nitrogens with zero attached hydrogens (tertiary/aromatic N) is 1. The standard InChI is InChI=1S/C13H26N2O2/c1-12(2)17-11-7-4-8-14-13(16)15-9-5-3-6-10-15/h12H,3-11H2,1-2H3,(H,14,16). The molecule has 1 fully saturated rings. The van der Waals surface area contributed by atoms with Crippen molar-refractivity contribution in [3.8, 4) is 0 Å². The molecule has 1 rings (SSSR count). The Kier molecular flexibility index (Phi) is 7.01. The molecule has 17 heavy (non-hydrogen) atoms. The fourth-order valence-corrected chi connectivity index (χ4v) is 1.95. The maximum Gasteiger partial charge on any atom is 0.317 e. The minimum atomic E-state index is 0.106. The molecule has 0 aromatic carbocycles. The molecule has 1 N–H and O–H groups in total. The first-order valence-electron chi connectivity index (χ1n) is 6.84. The molecule has 0 aromatic heterocycles. The monoisotopic (exact) mass is 242 g/mol. The van der Waals surface area contributed by atoms with E-state index in [-0.39, 0.29) is 6.03 Å². The summed E-state index contributed by atoms with van der Waals surface area (Å²) in [5, 5.41) is 2.97. The number of carbonyl (C=O) groups is 1. The number of hydrogen-bond acceptors (Lipinski definition) is 2. The molecule has 2 amide bonds. The van der Waals surface area contributed by atoms with E-state index in [0.717, 1.165) is 51.9 Å². The molecule has 0 saturated carbocycles. The molecule has 0 radical (unpaired) electrons. The molecular weight excluding hydrogens is 216 g/mol. The van der Waals surface area contributed by atoms with Crippen LogP contribution in [-0.4, -0.2) is 43.3 Å². The van der Waals surface area contributed by atoms with E-state index >= 15 is 0 Å². The third kappa shape index (κ3) is 6.51. The molecule has 0 bridgehead atoms. The third-order valence-corrected chi connectivity index (χ3v) is 2.94. The molecule has 1 aliphatic rings. The first-order chi connectivity index (χ1) is 8.20. The SMILES string of the molecule is CC(C)OCCCCNC(=O)N1CCCCC1. The Morgan fingerprint density at radius 2 is 1.94 bits per heavy atom. The van der Waals surface area contributed by atoms with Crippen molar-refractivity contribution in [3.05, 3.63) is 0 Å². The predicted molar refractivity (Wildman–Crippen MR) is 69.1 cm³/mol. The lowest BCUT2D eigenvalue weighted by atomic mass is 10.1. The second-order valence-corrected chi connectivity index (χ2v) is 4.91. The normalized spacial score (nSPS) is 16.3. The van der Waals surface area contributed by atoms with Crippen LogP contribution in [0, 0.1) is 0 Å². The fourth-order valence-electron chi connectivity index (χ4n) is 1.95. The lowest BCUT2D eigenvalue weighted by molar-refractivity contribution is 0.0760. The van der Waals surface area contributed by atoms with E-state index in [2.05, 4.69) is 5.32 Å². The Bertz CT molecular complexity index is 213. The summed E-state index contributed by atoms with van der Waals surface area (Å²) in [6.07, 6.45) is 5.87. The number of nitrogens with one attached hydrogen (secondary N) is 1. The molecule has 4 nitrogen and oxygen atoms in total. The third-order valence-electron chi connectivity index (χ3n) is 2.94.